The van der Waals surface area contributed by atoms with Gasteiger partial charge in [-0.3, -0.25) is 0 Å². The maximum atomic E-state index is 11.5. The molecule has 3 aromatic rings. The van der Waals surface area contributed by atoms with Crippen molar-refractivity contribution in [2.45, 2.75) is 13.5 Å². The summed E-state index contributed by atoms with van der Waals surface area (Å²) in [5, 5.41) is 4.30. The summed E-state index contributed by atoms with van der Waals surface area (Å²) in [6, 6.07) is 11.0. The number of pyridine rings is 1. The SMILES string of the molecule is COC(=O)c1ccn2nc(COc3ccc(C)cc3)nc2c1. The van der Waals surface area contributed by atoms with Crippen LogP contribution in [0.4, 0.5) is 0 Å². The van der Waals surface area contributed by atoms with Crippen LogP contribution in [0.25, 0.3) is 5.65 Å². The van der Waals surface area contributed by atoms with Gasteiger partial charge in [-0.1, -0.05) is 17.7 Å². The Labute approximate surface area is 127 Å². The molecular weight excluding hydrogens is 282 g/mol. The van der Waals surface area contributed by atoms with Crippen molar-refractivity contribution in [3.05, 3.63) is 59.5 Å². The van der Waals surface area contributed by atoms with Crippen LogP contribution < -0.4 is 4.74 Å². The van der Waals surface area contributed by atoms with Crippen LogP contribution in [0.5, 0.6) is 5.75 Å². The zero-order valence-electron chi connectivity index (χ0n) is 12.3. The number of hydrogen-bond acceptors (Lipinski definition) is 5. The molecular formula is C16H15N3O3. The highest BCUT2D eigenvalue weighted by Crippen LogP contribution is 2.13. The van der Waals surface area contributed by atoms with Gasteiger partial charge >= 0.3 is 5.97 Å². The van der Waals surface area contributed by atoms with Crippen molar-refractivity contribution in [3.8, 4) is 5.75 Å². The van der Waals surface area contributed by atoms with Gasteiger partial charge in [-0.2, -0.15) is 0 Å². The number of carbonyl (C=O) groups excluding carboxylic acids is 1. The Bertz CT molecular complexity index is 809. The lowest BCUT2D eigenvalue weighted by atomic mass is 10.2. The fraction of sp³-hybridized carbons (Fsp3) is 0.188. The first-order valence-electron chi connectivity index (χ1n) is 6.79. The van der Waals surface area contributed by atoms with Crippen LogP contribution in [0, 0.1) is 6.92 Å². The van der Waals surface area contributed by atoms with Crippen molar-refractivity contribution in [2.75, 3.05) is 7.11 Å². The quantitative estimate of drug-likeness (QED) is 0.692. The summed E-state index contributed by atoms with van der Waals surface area (Å²) in [5.74, 6) is 0.908. The minimum absolute atomic E-state index is 0.262. The third-order valence-corrected chi connectivity index (χ3v) is 3.19. The van der Waals surface area contributed by atoms with Crippen molar-refractivity contribution in [1.29, 1.82) is 0 Å². The molecule has 0 radical (unpaired) electrons. The summed E-state index contributed by atoms with van der Waals surface area (Å²) >= 11 is 0. The maximum Gasteiger partial charge on any atom is 0.338 e. The van der Waals surface area contributed by atoms with Gasteiger partial charge in [0.05, 0.1) is 12.7 Å². The predicted molar refractivity (Wildman–Crippen MR) is 79.8 cm³/mol. The number of benzene rings is 1. The van der Waals surface area contributed by atoms with Gasteiger partial charge < -0.3 is 9.47 Å². The molecule has 0 spiro atoms. The lowest BCUT2D eigenvalue weighted by Gasteiger charge is -2.03. The Morgan fingerprint density at radius 3 is 2.73 bits per heavy atom. The van der Waals surface area contributed by atoms with Gasteiger partial charge in [0.15, 0.2) is 11.5 Å². The van der Waals surface area contributed by atoms with E-state index in [1.165, 1.54) is 12.7 Å². The van der Waals surface area contributed by atoms with E-state index < -0.39 is 5.97 Å². The number of nitrogens with zero attached hydrogens (tertiary/aromatic N) is 3. The summed E-state index contributed by atoms with van der Waals surface area (Å²) < 4.78 is 11.9. The molecule has 112 valence electrons. The minimum atomic E-state index is -0.400. The average Bonchev–Trinajstić information content (AvgIpc) is 2.95. The van der Waals surface area contributed by atoms with Gasteiger partial charge in [0.2, 0.25) is 0 Å². The fourth-order valence-corrected chi connectivity index (χ4v) is 2.02. The normalized spacial score (nSPS) is 10.6. The standard InChI is InChI=1S/C16H15N3O3/c1-11-3-5-13(6-4-11)22-10-14-17-15-9-12(16(20)21-2)7-8-19(15)18-14/h3-9H,10H2,1-2H3. The second-order valence-electron chi connectivity index (χ2n) is 4.84. The summed E-state index contributed by atoms with van der Waals surface area (Å²) in [6.07, 6.45) is 1.67. The summed E-state index contributed by atoms with van der Waals surface area (Å²) in [5.41, 5.74) is 2.19. The first kappa shape index (κ1) is 14.1. The average molecular weight is 297 g/mol. The Balaban J connectivity index is 1.77. The maximum absolute atomic E-state index is 11.5. The van der Waals surface area contributed by atoms with Crippen LogP contribution in [-0.4, -0.2) is 27.7 Å². The number of rotatable bonds is 4. The molecule has 0 aliphatic rings. The lowest BCUT2D eigenvalue weighted by Crippen LogP contribution is -2.02. The number of aryl methyl sites for hydroxylation is 1. The Hall–Kier alpha value is -2.89. The van der Waals surface area contributed by atoms with Crippen molar-refractivity contribution < 1.29 is 14.3 Å². The monoisotopic (exact) mass is 297 g/mol. The molecule has 0 N–H and O–H groups in total. The van der Waals surface area contributed by atoms with E-state index >= 15 is 0 Å². The molecule has 0 saturated carbocycles. The van der Waals surface area contributed by atoms with Crippen LogP contribution in [0.2, 0.25) is 0 Å². The van der Waals surface area contributed by atoms with Gasteiger partial charge in [-0.25, -0.2) is 14.3 Å². The number of ether oxygens (including phenoxy) is 2. The van der Waals surface area contributed by atoms with Gasteiger partial charge in [0.1, 0.15) is 12.4 Å². The van der Waals surface area contributed by atoms with E-state index in [9.17, 15) is 4.79 Å². The zero-order chi connectivity index (χ0) is 15.5. The molecule has 0 fully saturated rings. The Kier molecular flexibility index (Phi) is 3.74. The van der Waals surface area contributed by atoms with E-state index in [1.807, 2.05) is 31.2 Å². The summed E-state index contributed by atoms with van der Waals surface area (Å²) in [4.78, 5) is 15.8. The molecule has 0 unspecified atom stereocenters. The molecule has 22 heavy (non-hydrogen) atoms. The number of methoxy groups -OCH3 is 1. The molecule has 0 saturated heterocycles. The Morgan fingerprint density at radius 2 is 2.00 bits per heavy atom. The van der Waals surface area contributed by atoms with Crippen molar-refractivity contribution in [3.63, 3.8) is 0 Å². The number of hydrogen-bond donors (Lipinski definition) is 0. The number of fused-ring (bicyclic) bond motifs is 1. The van der Waals surface area contributed by atoms with Gasteiger partial charge in [0, 0.05) is 6.20 Å². The molecule has 3 rings (SSSR count). The Morgan fingerprint density at radius 1 is 1.23 bits per heavy atom. The molecule has 6 heteroatoms. The fourth-order valence-electron chi connectivity index (χ4n) is 2.02. The highest BCUT2D eigenvalue weighted by molar-refractivity contribution is 5.90. The van der Waals surface area contributed by atoms with E-state index in [4.69, 9.17) is 4.74 Å². The number of carbonyl (C=O) groups is 1. The zero-order valence-corrected chi connectivity index (χ0v) is 12.3. The van der Waals surface area contributed by atoms with Crippen LogP contribution in [0.3, 0.4) is 0 Å². The van der Waals surface area contributed by atoms with Crippen LogP contribution in [-0.2, 0) is 11.3 Å². The predicted octanol–water partition coefficient (Wildman–Crippen LogP) is 2.40. The molecule has 0 amide bonds. The molecule has 2 aromatic heterocycles. The first-order valence-corrected chi connectivity index (χ1v) is 6.79. The summed E-state index contributed by atoms with van der Waals surface area (Å²) in [7, 11) is 1.34. The molecule has 0 aliphatic carbocycles. The highest BCUT2D eigenvalue weighted by atomic mass is 16.5. The number of aromatic nitrogens is 3. The van der Waals surface area contributed by atoms with Crippen LogP contribution in [0.1, 0.15) is 21.7 Å². The number of esters is 1. The van der Waals surface area contributed by atoms with E-state index in [2.05, 4.69) is 14.8 Å². The van der Waals surface area contributed by atoms with E-state index in [0.29, 0.717) is 17.0 Å². The first-order chi connectivity index (χ1) is 10.7. The van der Waals surface area contributed by atoms with E-state index in [-0.39, 0.29) is 6.61 Å². The van der Waals surface area contributed by atoms with Gasteiger partial charge in [-0.05, 0) is 31.2 Å². The van der Waals surface area contributed by atoms with Crippen LogP contribution >= 0.6 is 0 Å². The minimum Gasteiger partial charge on any atom is -0.486 e. The third-order valence-electron chi connectivity index (χ3n) is 3.19. The van der Waals surface area contributed by atoms with E-state index in [0.717, 1.165) is 5.75 Å². The van der Waals surface area contributed by atoms with E-state index in [1.54, 1.807) is 22.8 Å². The lowest BCUT2D eigenvalue weighted by molar-refractivity contribution is 0.0600. The molecule has 1 aromatic carbocycles. The van der Waals surface area contributed by atoms with Gasteiger partial charge in [0.25, 0.3) is 0 Å². The second kappa shape index (κ2) is 5.85. The van der Waals surface area contributed by atoms with Crippen molar-refractivity contribution in [1.82, 2.24) is 14.6 Å². The van der Waals surface area contributed by atoms with Gasteiger partial charge in [-0.15, -0.1) is 5.10 Å². The van der Waals surface area contributed by atoms with Crippen molar-refractivity contribution in [2.24, 2.45) is 0 Å². The van der Waals surface area contributed by atoms with Crippen molar-refractivity contribution >= 4 is 11.6 Å². The molecule has 0 bridgehead atoms. The highest BCUT2D eigenvalue weighted by Gasteiger charge is 2.09. The van der Waals surface area contributed by atoms with Crippen LogP contribution in [0.15, 0.2) is 42.6 Å². The second-order valence-corrected chi connectivity index (χ2v) is 4.84. The third kappa shape index (κ3) is 2.90. The largest absolute Gasteiger partial charge is 0.486 e. The molecule has 2 heterocycles. The topological polar surface area (TPSA) is 65.7 Å². The molecule has 6 nitrogen and oxygen atoms in total. The summed E-state index contributed by atoms with van der Waals surface area (Å²) in [6.45, 7) is 2.28. The smallest absolute Gasteiger partial charge is 0.338 e. The molecule has 0 atom stereocenters. The molecule has 0 aliphatic heterocycles.